The quantitative estimate of drug-likeness (QED) is 0.836. The molecule has 1 aromatic rings. The molecular weight excluding hydrogens is 255 g/mol. The van der Waals surface area contributed by atoms with Crippen LogP contribution in [0.15, 0.2) is 12.1 Å². The molecule has 98 valence electrons. The normalized spacial score (nSPS) is 11.1. The van der Waals surface area contributed by atoms with Crippen LogP contribution in [0.25, 0.3) is 0 Å². The summed E-state index contributed by atoms with van der Waals surface area (Å²) in [6.07, 6.45) is -5.41. The van der Waals surface area contributed by atoms with E-state index in [1.807, 2.05) is 0 Å². The number of halogens is 3. The SMILES string of the molecule is COC(=O)c1cc(C(F)(F)F)cc(CC(=O)O)n1. The van der Waals surface area contributed by atoms with E-state index < -0.39 is 35.8 Å². The van der Waals surface area contributed by atoms with Gasteiger partial charge in [-0.2, -0.15) is 13.2 Å². The molecule has 0 aliphatic heterocycles. The van der Waals surface area contributed by atoms with Crippen LogP contribution in [0.4, 0.5) is 13.2 Å². The molecule has 1 rings (SSSR count). The third-order valence-electron chi connectivity index (χ3n) is 1.93. The van der Waals surface area contributed by atoms with Crippen molar-refractivity contribution in [2.45, 2.75) is 12.6 Å². The second-order valence-electron chi connectivity index (χ2n) is 3.29. The monoisotopic (exact) mass is 263 g/mol. The molecule has 0 amide bonds. The van der Waals surface area contributed by atoms with E-state index in [-0.39, 0.29) is 5.69 Å². The minimum Gasteiger partial charge on any atom is -0.481 e. The number of hydrogen-bond donors (Lipinski definition) is 1. The fraction of sp³-hybridized carbons (Fsp3) is 0.300. The van der Waals surface area contributed by atoms with Gasteiger partial charge in [0, 0.05) is 0 Å². The number of methoxy groups -OCH3 is 1. The zero-order valence-electron chi connectivity index (χ0n) is 9.11. The highest BCUT2D eigenvalue weighted by Crippen LogP contribution is 2.30. The van der Waals surface area contributed by atoms with E-state index in [2.05, 4.69) is 9.72 Å². The largest absolute Gasteiger partial charge is 0.481 e. The minimum atomic E-state index is -4.70. The molecule has 0 aliphatic rings. The topological polar surface area (TPSA) is 76.5 Å². The smallest absolute Gasteiger partial charge is 0.416 e. The number of carbonyl (C=O) groups is 2. The highest BCUT2D eigenvalue weighted by atomic mass is 19.4. The number of esters is 1. The average Bonchev–Trinajstić information content (AvgIpc) is 2.25. The number of nitrogens with zero attached hydrogens (tertiary/aromatic N) is 1. The van der Waals surface area contributed by atoms with Gasteiger partial charge in [0.15, 0.2) is 0 Å². The Morgan fingerprint density at radius 1 is 1.39 bits per heavy atom. The molecular formula is C10H8F3NO4. The number of hydrogen-bond acceptors (Lipinski definition) is 4. The van der Waals surface area contributed by atoms with Crippen LogP contribution < -0.4 is 0 Å². The van der Waals surface area contributed by atoms with Crippen molar-refractivity contribution < 1.29 is 32.6 Å². The number of alkyl halides is 3. The summed E-state index contributed by atoms with van der Waals surface area (Å²) in [7, 11) is 0.987. The van der Waals surface area contributed by atoms with Gasteiger partial charge >= 0.3 is 18.1 Å². The van der Waals surface area contributed by atoms with Crippen molar-refractivity contribution in [1.82, 2.24) is 4.98 Å². The van der Waals surface area contributed by atoms with E-state index in [4.69, 9.17) is 5.11 Å². The van der Waals surface area contributed by atoms with Crippen LogP contribution in [0.3, 0.4) is 0 Å². The lowest BCUT2D eigenvalue weighted by atomic mass is 10.1. The van der Waals surface area contributed by atoms with E-state index in [9.17, 15) is 22.8 Å². The molecule has 0 saturated carbocycles. The average molecular weight is 263 g/mol. The Morgan fingerprint density at radius 2 is 2.00 bits per heavy atom. The van der Waals surface area contributed by atoms with Crippen LogP contribution in [0, 0.1) is 0 Å². The molecule has 1 aromatic heterocycles. The molecule has 0 spiro atoms. The van der Waals surface area contributed by atoms with E-state index in [0.29, 0.717) is 12.1 Å². The molecule has 0 bridgehead atoms. The summed E-state index contributed by atoms with van der Waals surface area (Å²) in [4.78, 5) is 25.1. The van der Waals surface area contributed by atoms with Gasteiger partial charge in [-0.05, 0) is 12.1 Å². The summed E-state index contributed by atoms with van der Waals surface area (Å²) >= 11 is 0. The molecule has 18 heavy (non-hydrogen) atoms. The fourth-order valence-corrected chi connectivity index (χ4v) is 1.21. The molecule has 0 fully saturated rings. The Balaban J connectivity index is 3.28. The van der Waals surface area contributed by atoms with Crippen LogP contribution in [0.5, 0.6) is 0 Å². The van der Waals surface area contributed by atoms with Crippen molar-refractivity contribution in [3.8, 4) is 0 Å². The zero-order chi connectivity index (χ0) is 13.9. The van der Waals surface area contributed by atoms with Gasteiger partial charge < -0.3 is 9.84 Å². The maximum absolute atomic E-state index is 12.5. The predicted molar refractivity (Wildman–Crippen MR) is 51.9 cm³/mol. The third-order valence-corrected chi connectivity index (χ3v) is 1.93. The Hall–Kier alpha value is -2.12. The summed E-state index contributed by atoms with van der Waals surface area (Å²) in [6.45, 7) is 0. The first-order valence-corrected chi connectivity index (χ1v) is 4.62. The number of ether oxygens (including phenoxy) is 1. The molecule has 0 atom stereocenters. The first-order chi connectivity index (χ1) is 8.24. The molecule has 0 unspecified atom stereocenters. The van der Waals surface area contributed by atoms with E-state index >= 15 is 0 Å². The van der Waals surface area contributed by atoms with Crippen molar-refractivity contribution in [2.24, 2.45) is 0 Å². The summed E-state index contributed by atoms with van der Waals surface area (Å²) < 4.78 is 41.8. The molecule has 0 saturated heterocycles. The number of pyridine rings is 1. The molecule has 8 heteroatoms. The molecule has 1 heterocycles. The van der Waals surface area contributed by atoms with Gasteiger partial charge in [0.2, 0.25) is 0 Å². The van der Waals surface area contributed by atoms with Crippen LogP contribution in [0.2, 0.25) is 0 Å². The number of aromatic nitrogens is 1. The summed E-state index contributed by atoms with van der Waals surface area (Å²) in [6, 6.07) is 1.09. The first kappa shape index (κ1) is 13.9. The summed E-state index contributed by atoms with van der Waals surface area (Å²) in [5.41, 5.74) is -2.09. The Labute approximate surface area is 99.2 Å². The number of carbonyl (C=O) groups excluding carboxylic acids is 1. The molecule has 0 aromatic carbocycles. The van der Waals surface area contributed by atoms with Gasteiger partial charge in [-0.1, -0.05) is 0 Å². The van der Waals surface area contributed by atoms with Crippen molar-refractivity contribution >= 4 is 11.9 Å². The Bertz CT molecular complexity index is 485. The lowest BCUT2D eigenvalue weighted by molar-refractivity contribution is -0.139. The number of rotatable bonds is 3. The molecule has 1 N–H and O–H groups in total. The zero-order valence-corrected chi connectivity index (χ0v) is 9.11. The predicted octanol–water partition coefficient (Wildman–Crippen LogP) is 1.51. The second-order valence-corrected chi connectivity index (χ2v) is 3.29. The van der Waals surface area contributed by atoms with E-state index in [1.54, 1.807) is 0 Å². The first-order valence-electron chi connectivity index (χ1n) is 4.62. The number of carboxylic acid groups (broad SMARTS) is 1. The number of carboxylic acids is 1. The second kappa shape index (κ2) is 5.03. The van der Waals surface area contributed by atoms with Crippen molar-refractivity contribution in [2.75, 3.05) is 7.11 Å². The van der Waals surface area contributed by atoms with Gasteiger partial charge in [-0.25, -0.2) is 9.78 Å². The standard InChI is InChI=1S/C10H8F3NO4/c1-18-9(17)7-3-5(10(11,12)13)2-6(14-7)4-8(15)16/h2-3H,4H2,1H3,(H,15,16). The Kier molecular flexibility index (Phi) is 3.89. The van der Waals surface area contributed by atoms with Crippen LogP contribution in [0.1, 0.15) is 21.7 Å². The van der Waals surface area contributed by atoms with Gasteiger partial charge in [0.05, 0.1) is 24.8 Å². The van der Waals surface area contributed by atoms with Gasteiger partial charge in [-0.15, -0.1) is 0 Å². The Morgan fingerprint density at radius 3 is 2.44 bits per heavy atom. The minimum absolute atomic E-state index is 0.363. The van der Waals surface area contributed by atoms with Gasteiger partial charge in [0.1, 0.15) is 5.69 Å². The van der Waals surface area contributed by atoms with Gasteiger partial charge in [-0.3, -0.25) is 4.79 Å². The molecule has 0 aliphatic carbocycles. The number of aliphatic carboxylic acids is 1. The highest BCUT2D eigenvalue weighted by Gasteiger charge is 2.32. The van der Waals surface area contributed by atoms with E-state index in [1.165, 1.54) is 0 Å². The molecule has 0 radical (unpaired) electrons. The lowest BCUT2D eigenvalue weighted by Crippen LogP contribution is -2.14. The summed E-state index contributed by atoms with van der Waals surface area (Å²) in [5, 5.41) is 8.51. The van der Waals surface area contributed by atoms with Crippen LogP contribution in [-0.2, 0) is 22.1 Å². The maximum atomic E-state index is 12.5. The summed E-state index contributed by atoms with van der Waals surface area (Å²) in [5.74, 6) is -2.41. The maximum Gasteiger partial charge on any atom is 0.416 e. The lowest BCUT2D eigenvalue weighted by Gasteiger charge is -2.09. The van der Waals surface area contributed by atoms with Crippen molar-refractivity contribution in [1.29, 1.82) is 0 Å². The fourth-order valence-electron chi connectivity index (χ4n) is 1.21. The third kappa shape index (κ3) is 3.44. The van der Waals surface area contributed by atoms with Crippen LogP contribution in [-0.4, -0.2) is 29.1 Å². The van der Waals surface area contributed by atoms with Gasteiger partial charge in [0.25, 0.3) is 0 Å². The van der Waals surface area contributed by atoms with Crippen molar-refractivity contribution in [3.63, 3.8) is 0 Å². The van der Waals surface area contributed by atoms with Crippen molar-refractivity contribution in [3.05, 3.63) is 29.1 Å². The highest BCUT2D eigenvalue weighted by molar-refractivity contribution is 5.87. The molecule has 5 nitrogen and oxygen atoms in total. The van der Waals surface area contributed by atoms with E-state index in [0.717, 1.165) is 7.11 Å². The van der Waals surface area contributed by atoms with Crippen LogP contribution >= 0.6 is 0 Å².